The standard InChI is InChI=1S/C25H45N3O9/c1-16(2)12-10-8-6-4-3-5-7-9-11-13-19(29)28(17(14-26)20(22(30)31)23(32)33)18(15-27)21(24(34)35)25(36)37/h16-18,20-21H,3-15,26-27H2,1-2H3,(H,30,31)(H,32,33)(H,34,35)(H,36,37). The molecule has 2 atom stereocenters. The van der Waals surface area contributed by atoms with Crippen LogP contribution in [0.15, 0.2) is 0 Å². The number of carbonyl (C=O) groups is 5. The van der Waals surface area contributed by atoms with E-state index < -0.39 is 66.8 Å². The molecular formula is C25H45N3O9. The zero-order valence-electron chi connectivity index (χ0n) is 22.0. The first-order valence-electron chi connectivity index (χ1n) is 13.0. The van der Waals surface area contributed by atoms with Crippen molar-refractivity contribution >= 4 is 29.8 Å². The summed E-state index contributed by atoms with van der Waals surface area (Å²) in [6.07, 6.45) is 9.84. The molecular weight excluding hydrogens is 486 g/mol. The van der Waals surface area contributed by atoms with Gasteiger partial charge < -0.3 is 36.8 Å². The number of carbonyl (C=O) groups excluding carboxylic acids is 1. The van der Waals surface area contributed by atoms with Crippen LogP contribution in [0.5, 0.6) is 0 Å². The minimum Gasteiger partial charge on any atom is -0.481 e. The van der Waals surface area contributed by atoms with Crippen molar-refractivity contribution in [1.82, 2.24) is 4.90 Å². The lowest BCUT2D eigenvalue weighted by atomic mass is 9.91. The fourth-order valence-corrected chi connectivity index (χ4v) is 4.50. The van der Waals surface area contributed by atoms with Gasteiger partial charge in [-0.15, -0.1) is 0 Å². The Morgan fingerprint density at radius 2 is 0.919 bits per heavy atom. The molecule has 0 aromatic heterocycles. The molecule has 0 bridgehead atoms. The van der Waals surface area contributed by atoms with E-state index in [-0.39, 0.29) is 6.42 Å². The summed E-state index contributed by atoms with van der Waals surface area (Å²) in [5, 5.41) is 37.8. The molecule has 0 fully saturated rings. The van der Waals surface area contributed by atoms with Crippen molar-refractivity contribution in [1.29, 1.82) is 0 Å². The van der Waals surface area contributed by atoms with E-state index >= 15 is 0 Å². The zero-order chi connectivity index (χ0) is 28.5. The molecule has 0 saturated heterocycles. The SMILES string of the molecule is CC(C)CCCCCCCCCCCC(=O)N(C(CN)C(C(=O)O)C(=O)O)C(CN)C(C(=O)O)C(=O)O. The maximum absolute atomic E-state index is 13.2. The summed E-state index contributed by atoms with van der Waals surface area (Å²) in [6, 6.07) is -3.37. The van der Waals surface area contributed by atoms with Crippen LogP contribution in [0.1, 0.15) is 84.5 Å². The maximum atomic E-state index is 13.2. The second kappa shape index (κ2) is 18.5. The number of hydrogen-bond donors (Lipinski definition) is 6. The van der Waals surface area contributed by atoms with E-state index in [1.165, 1.54) is 25.7 Å². The van der Waals surface area contributed by atoms with Crippen molar-refractivity contribution in [2.75, 3.05) is 13.1 Å². The van der Waals surface area contributed by atoms with Crippen molar-refractivity contribution in [3.63, 3.8) is 0 Å². The number of amides is 1. The Morgan fingerprint density at radius 1 is 0.595 bits per heavy atom. The highest BCUT2D eigenvalue weighted by Gasteiger charge is 2.47. The first-order chi connectivity index (χ1) is 17.4. The predicted octanol–water partition coefficient (Wildman–Crippen LogP) is 1.99. The van der Waals surface area contributed by atoms with E-state index in [0.29, 0.717) is 17.7 Å². The van der Waals surface area contributed by atoms with Gasteiger partial charge in [-0.25, -0.2) is 0 Å². The summed E-state index contributed by atoms with van der Waals surface area (Å²) in [5.41, 5.74) is 11.3. The average molecular weight is 532 g/mol. The predicted molar refractivity (Wildman–Crippen MR) is 136 cm³/mol. The second-order valence-electron chi connectivity index (χ2n) is 9.83. The summed E-state index contributed by atoms with van der Waals surface area (Å²) < 4.78 is 0. The summed E-state index contributed by atoms with van der Waals surface area (Å²) in [5.74, 6) is -11.6. The van der Waals surface area contributed by atoms with Gasteiger partial charge >= 0.3 is 23.9 Å². The molecule has 8 N–H and O–H groups in total. The molecule has 0 heterocycles. The molecule has 0 aliphatic carbocycles. The maximum Gasteiger partial charge on any atom is 0.320 e. The lowest BCUT2D eigenvalue weighted by Gasteiger charge is -2.40. The largest absolute Gasteiger partial charge is 0.481 e. The summed E-state index contributed by atoms with van der Waals surface area (Å²) in [6.45, 7) is 3.14. The Bertz CT molecular complexity index is 677. The highest BCUT2D eigenvalue weighted by atomic mass is 16.4. The minimum atomic E-state index is -2.19. The molecule has 1 amide bonds. The third kappa shape index (κ3) is 12.4. The Balaban J connectivity index is 5.28. The second-order valence-corrected chi connectivity index (χ2v) is 9.83. The quantitative estimate of drug-likeness (QED) is 0.0875. The highest BCUT2D eigenvalue weighted by Crippen LogP contribution is 2.23. The fraction of sp³-hybridized carbons (Fsp3) is 0.800. The van der Waals surface area contributed by atoms with Gasteiger partial charge in [-0.2, -0.15) is 0 Å². The van der Waals surface area contributed by atoms with Gasteiger partial charge in [0.25, 0.3) is 0 Å². The highest BCUT2D eigenvalue weighted by molar-refractivity contribution is 5.96. The van der Waals surface area contributed by atoms with Crippen LogP contribution in [0.25, 0.3) is 0 Å². The molecule has 0 aromatic rings. The number of carboxylic acid groups (broad SMARTS) is 4. The number of nitrogens with two attached hydrogens (primary N) is 2. The molecule has 12 nitrogen and oxygen atoms in total. The Labute approximate surface area is 218 Å². The van der Waals surface area contributed by atoms with E-state index in [1.807, 2.05) is 0 Å². The van der Waals surface area contributed by atoms with Crippen LogP contribution in [-0.4, -0.2) is 80.3 Å². The van der Waals surface area contributed by atoms with Crippen LogP contribution in [-0.2, 0) is 24.0 Å². The number of nitrogens with zero attached hydrogens (tertiary/aromatic N) is 1. The number of aliphatic carboxylic acids is 4. The van der Waals surface area contributed by atoms with Crippen molar-refractivity contribution in [3.05, 3.63) is 0 Å². The molecule has 0 radical (unpaired) electrons. The molecule has 0 aromatic carbocycles. The third-order valence-corrected chi connectivity index (χ3v) is 6.49. The van der Waals surface area contributed by atoms with Gasteiger partial charge in [0, 0.05) is 19.5 Å². The van der Waals surface area contributed by atoms with Crippen LogP contribution >= 0.6 is 0 Å². The van der Waals surface area contributed by atoms with Gasteiger partial charge in [0.1, 0.15) is 0 Å². The van der Waals surface area contributed by atoms with Crippen LogP contribution in [0.3, 0.4) is 0 Å². The molecule has 0 saturated carbocycles. The molecule has 37 heavy (non-hydrogen) atoms. The van der Waals surface area contributed by atoms with Crippen LogP contribution in [0.2, 0.25) is 0 Å². The van der Waals surface area contributed by atoms with Crippen LogP contribution < -0.4 is 11.5 Å². The topological polar surface area (TPSA) is 222 Å². The minimum absolute atomic E-state index is 0.153. The Kier molecular flexibility index (Phi) is 17.1. The average Bonchev–Trinajstić information content (AvgIpc) is 2.79. The summed E-state index contributed by atoms with van der Waals surface area (Å²) in [7, 11) is 0. The van der Waals surface area contributed by atoms with E-state index in [0.717, 1.165) is 31.6 Å². The van der Waals surface area contributed by atoms with E-state index in [2.05, 4.69) is 13.8 Å². The van der Waals surface area contributed by atoms with Crippen LogP contribution in [0, 0.1) is 17.8 Å². The lowest BCUT2D eigenvalue weighted by molar-refractivity contribution is -0.163. The molecule has 2 unspecified atom stereocenters. The van der Waals surface area contributed by atoms with E-state index in [1.54, 1.807) is 0 Å². The summed E-state index contributed by atoms with van der Waals surface area (Å²) >= 11 is 0. The first kappa shape index (κ1) is 34.3. The number of hydrogen-bond acceptors (Lipinski definition) is 7. The van der Waals surface area contributed by atoms with Crippen LogP contribution in [0.4, 0.5) is 0 Å². The first-order valence-corrected chi connectivity index (χ1v) is 13.0. The van der Waals surface area contributed by atoms with E-state index in [4.69, 9.17) is 11.5 Å². The van der Waals surface area contributed by atoms with Gasteiger partial charge in [0.05, 0.1) is 12.1 Å². The van der Waals surface area contributed by atoms with Crippen molar-refractivity contribution < 1.29 is 44.4 Å². The van der Waals surface area contributed by atoms with Crippen molar-refractivity contribution in [2.24, 2.45) is 29.2 Å². The van der Waals surface area contributed by atoms with Gasteiger partial charge in [0.15, 0.2) is 11.8 Å². The van der Waals surface area contributed by atoms with Gasteiger partial charge in [-0.1, -0.05) is 71.6 Å². The van der Waals surface area contributed by atoms with Crippen molar-refractivity contribution in [2.45, 2.75) is 96.6 Å². The monoisotopic (exact) mass is 531 g/mol. The molecule has 0 aliphatic rings. The fourth-order valence-electron chi connectivity index (χ4n) is 4.50. The lowest BCUT2D eigenvalue weighted by Crippen LogP contribution is -2.62. The van der Waals surface area contributed by atoms with Gasteiger partial charge in [-0.05, 0) is 12.3 Å². The molecule has 0 rings (SSSR count). The molecule has 0 aliphatic heterocycles. The smallest absolute Gasteiger partial charge is 0.320 e. The molecule has 0 spiro atoms. The number of unbranched alkanes of at least 4 members (excludes halogenated alkanes) is 8. The zero-order valence-corrected chi connectivity index (χ0v) is 22.0. The summed E-state index contributed by atoms with van der Waals surface area (Å²) in [4.78, 5) is 60.5. The normalized spacial score (nSPS) is 13.1. The van der Waals surface area contributed by atoms with Gasteiger partial charge in [-0.3, -0.25) is 24.0 Å². The molecule has 214 valence electrons. The van der Waals surface area contributed by atoms with Gasteiger partial charge in [0.2, 0.25) is 5.91 Å². The van der Waals surface area contributed by atoms with Crippen molar-refractivity contribution in [3.8, 4) is 0 Å². The number of rotatable bonds is 22. The van der Waals surface area contributed by atoms with E-state index in [9.17, 15) is 44.4 Å². The molecule has 12 heteroatoms. The Hall–Kier alpha value is -2.73. The third-order valence-electron chi connectivity index (χ3n) is 6.49. The Morgan fingerprint density at radius 3 is 1.22 bits per heavy atom. The number of carboxylic acids is 4.